The van der Waals surface area contributed by atoms with Crippen LogP contribution < -0.4 is 5.32 Å². The molecule has 22 heavy (non-hydrogen) atoms. The number of nitrogens with one attached hydrogen (secondary N) is 1. The predicted molar refractivity (Wildman–Crippen MR) is 91.8 cm³/mol. The summed E-state index contributed by atoms with van der Waals surface area (Å²) in [7, 11) is 0. The Morgan fingerprint density at radius 1 is 1.27 bits per heavy atom. The number of rotatable bonds is 4. The smallest absolute Gasteiger partial charge is 0.138 e. The van der Waals surface area contributed by atoms with Gasteiger partial charge in [-0.2, -0.15) is 5.26 Å². The first-order valence-corrected chi connectivity index (χ1v) is 7.46. The van der Waals surface area contributed by atoms with Crippen LogP contribution in [0, 0.1) is 17.2 Å². The lowest BCUT2D eigenvalue weighted by atomic mass is 9.96. The molecule has 0 bridgehead atoms. The van der Waals surface area contributed by atoms with E-state index >= 15 is 0 Å². The van der Waals surface area contributed by atoms with Gasteiger partial charge in [-0.1, -0.05) is 25.0 Å². The monoisotopic (exact) mass is 343 g/mol. The Morgan fingerprint density at radius 2 is 1.95 bits per heavy atom. The molecule has 0 amide bonds. The maximum atomic E-state index is 10.4. The number of benzene rings is 1. The summed E-state index contributed by atoms with van der Waals surface area (Å²) in [5.74, 6) is 0.971. The number of halogens is 2. The van der Waals surface area contributed by atoms with Crippen LogP contribution in [0.5, 0.6) is 5.75 Å². The van der Waals surface area contributed by atoms with E-state index in [-0.39, 0.29) is 36.6 Å². The maximum Gasteiger partial charge on any atom is 0.138 e. The molecule has 3 rings (SSSR count). The number of para-hydroxylation sites is 1. The predicted octanol–water partition coefficient (Wildman–Crippen LogP) is 2.85. The molecule has 1 aliphatic heterocycles. The van der Waals surface area contributed by atoms with Crippen LogP contribution in [0.3, 0.4) is 0 Å². The van der Waals surface area contributed by atoms with Crippen LogP contribution in [-0.2, 0) is 0 Å². The van der Waals surface area contributed by atoms with E-state index in [2.05, 4.69) is 16.3 Å². The molecule has 1 aliphatic carbocycles. The zero-order chi connectivity index (χ0) is 13.9. The van der Waals surface area contributed by atoms with Gasteiger partial charge in [0.05, 0.1) is 5.56 Å². The molecule has 1 heterocycles. The molecule has 6 heteroatoms. The minimum atomic E-state index is 0. The van der Waals surface area contributed by atoms with E-state index in [0.29, 0.717) is 5.56 Å². The van der Waals surface area contributed by atoms with Crippen molar-refractivity contribution in [1.82, 2.24) is 10.2 Å². The van der Waals surface area contributed by atoms with E-state index < -0.39 is 0 Å². The molecular formula is C16H23Cl2N3O. The Bertz CT molecular complexity index is 523. The van der Waals surface area contributed by atoms with Gasteiger partial charge in [-0.25, -0.2) is 0 Å². The van der Waals surface area contributed by atoms with Crippen LogP contribution >= 0.6 is 24.8 Å². The summed E-state index contributed by atoms with van der Waals surface area (Å²) in [5.41, 5.74) is 1.32. The van der Waals surface area contributed by atoms with Crippen molar-refractivity contribution in [3.8, 4) is 11.8 Å². The van der Waals surface area contributed by atoms with Gasteiger partial charge in [-0.05, 0) is 18.4 Å². The fraction of sp³-hybridized carbons (Fsp3) is 0.562. The number of aromatic hydroxyl groups is 1. The average molecular weight is 344 g/mol. The third kappa shape index (κ3) is 4.27. The van der Waals surface area contributed by atoms with E-state index in [1.807, 2.05) is 12.1 Å². The summed E-state index contributed by atoms with van der Waals surface area (Å²) in [6, 6.07) is 7.88. The summed E-state index contributed by atoms with van der Waals surface area (Å²) in [5, 5.41) is 22.8. The lowest BCUT2D eigenvalue weighted by Crippen LogP contribution is -2.45. The zero-order valence-corrected chi connectivity index (χ0v) is 14.1. The van der Waals surface area contributed by atoms with E-state index in [1.54, 1.807) is 6.07 Å². The molecule has 0 spiro atoms. The van der Waals surface area contributed by atoms with Gasteiger partial charge >= 0.3 is 0 Å². The molecule has 0 unspecified atom stereocenters. The third-order valence-electron chi connectivity index (χ3n) is 4.39. The summed E-state index contributed by atoms with van der Waals surface area (Å²) in [6.45, 7) is 4.01. The number of hydrogen-bond donors (Lipinski definition) is 2. The fourth-order valence-electron chi connectivity index (χ4n) is 3.06. The van der Waals surface area contributed by atoms with Crippen molar-refractivity contribution in [1.29, 1.82) is 5.26 Å². The van der Waals surface area contributed by atoms with Crippen molar-refractivity contribution in [3.05, 3.63) is 29.3 Å². The molecule has 4 nitrogen and oxygen atoms in total. The van der Waals surface area contributed by atoms with Gasteiger partial charge in [-0.15, -0.1) is 24.8 Å². The van der Waals surface area contributed by atoms with Crippen molar-refractivity contribution in [3.63, 3.8) is 0 Å². The molecule has 1 aromatic rings. The van der Waals surface area contributed by atoms with E-state index in [1.165, 1.54) is 12.8 Å². The minimum absolute atomic E-state index is 0. The lowest BCUT2D eigenvalue weighted by molar-refractivity contribution is 0.158. The molecule has 122 valence electrons. The summed E-state index contributed by atoms with van der Waals surface area (Å²) in [6.07, 6.45) is 3.71. The second-order valence-corrected chi connectivity index (χ2v) is 5.84. The molecule has 1 saturated carbocycles. The SMILES string of the molecule is Cl.Cl.N#Cc1cccc([C@H](CC2CC2)N2CCNCC2)c1O. The highest BCUT2D eigenvalue weighted by molar-refractivity contribution is 5.85. The lowest BCUT2D eigenvalue weighted by Gasteiger charge is -2.35. The van der Waals surface area contributed by atoms with E-state index in [9.17, 15) is 5.11 Å². The average Bonchev–Trinajstić information content (AvgIpc) is 3.30. The Kier molecular flexibility index (Phi) is 7.44. The Labute approximate surface area is 144 Å². The second kappa shape index (κ2) is 8.59. The van der Waals surface area contributed by atoms with Crippen molar-refractivity contribution in [2.24, 2.45) is 5.92 Å². The van der Waals surface area contributed by atoms with Crippen LogP contribution in [0.2, 0.25) is 0 Å². The first kappa shape index (κ1) is 19.1. The molecule has 1 atom stereocenters. The number of nitriles is 1. The molecule has 2 aliphatic rings. The molecular weight excluding hydrogens is 321 g/mol. The second-order valence-electron chi connectivity index (χ2n) is 5.84. The number of piperazine rings is 1. The normalized spacial score (nSPS) is 19.4. The quantitative estimate of drug-likeness (QED) is 0.882. The number of hydrogen-bond acceptors (Lipinski definition) is 4. The minimum Gasteiger partial charge on any atom is -0.506 e. The first-order valence-electron chi connectivity index (χ1n) is 7.46. The maximum absolute atomic E-state index is 10.4. The van der Waals surface area contributed by atoms with Gasteiger partial charge in [0.25, 0.3) is 0 Å². The number of phenolic OH excluding ortho intramolecular Hbond substituents is 1. The van der Waals surface area contributed by atoms with Gasteiger partial charge in [-0.3, -0.25) is 4.90 Å². The topological polar surface area (TPSA) is 59.3 Å². The van der Waals surface area contributed by atoms with Crippen molar-refractivity contribution >= 4 is 24.8 Å². The Hall–Kier alpha value is -0.990. The van der Waals surface area contributed by atoms with Crippen LogP contribution in [0.15, 0.2) is 18.2 Å². The molecule has 0 radical (unpaired) electrons. The molecule has 1 saturated heterocycles. The summed E-state index contributed by atoms with van der Waals surface area (Å²) >= 11 is 0. The Balaban J connectivity index is 0.00000121. The van der Waals surface area contributed by atoms with Gasteiger partial charge in [0.15, 0.2) is 0 Å². The molecule has 0 aromatic heterocycles. The molecule has 2 N–H and O–H groups in total. The molecule has 2 fully saturated rings. The largest absolute Gasteiger partial charge is 0.506 e. The highest BCUT2D eigenvalue weighted by Gasteiger charge is 2.32. The van der Waals surface area contributed by atoms with Crippen molar-refractivity contribution < 1.29 is 5.11 Å². The standard InChI is InChI=1S/C16H21N3O.2ClH/c17-11-13-2-1-3-14(16(13)20)15(10-12-4-5-12)19-8-6-18-7-9-19;;/h1-3,12,15,18,20H,4-10H2;2*1H/t15-;;/m0../s1. The van der Waals surface area contributed by atoms with Crippen molar-refractivity contribution in [2.75, 3.05) is 26.2 Å². The van der Waals surface area contributed by atoms with Gasteiger partial charge in [0.2, 0.25) is 0 Å². The summed E-state index contributed by atoms with van der Waals surface area (Å²) < 4.78 is 0. The summed E-state index contributed by atoms with van der Waals surface area (Å²) in [4.78, 5) is 2.45. The van der Waals surface area contributed by atoms with Crippen molar-refractivity contribution in [2.45, 2.75) is 25.3 Å². The van der Waals surface area contributed by atoms with E-state index in [0.717, 1.165) is 44.1 Å². The van der Waals surface area contributed by atoms with Crippen LogP contribution in [-0.4, -0.2) is 36.2 Å². The number of nitrogens with zero attached hydrogens (tertiary/aromatic N) is 2. The fourth-order valence-corrected chi connectivity index (χ4v) is 3.06. The van der Waals surface area contributed by atoms with Gasteiger partial charge < -0.3 is 10.4 Å². The van der Waals surface area contributed by atoms with Crippen LogP contribution in [0.1, 0.15) is 36.4 Å². The van der Waals surface area contributed by atoms with Gasteiger partial charge in [0.1, 0.15) is 11.8 Å². The molecule has 1 aromatic carbocycles. The Morgan fingerprint density at radius 3 is 2.55 bits per heavy atom. The first-order chi connectivity index (χ1) is 9.79. The van der Waals surface area contributed by atoms with Crippen LogP contribution in [0.4, 0.5) is 0 Å². The number of phenols is 1. The highest BCUT2D eigenvalue weighted by atomic mass is 35.5. The van der Waals surface area contributed by atoms with E-state index in [4.69, 9.17) is 5.26 Å². The van der Waals surface area contributed by atoms with Gasteiger partial charge in [0, 0.05) is 37.8 Å². The highest BCUT2D eigenvalue weighted by Crippen LogP contribution is 2.42. The third-order valence-corrected chi connectivity index (χ3v) is 4.39. The zero-order valence-electron chi connectivity index (χ0n) is 12.5. The van der Waals surface area contributed by atoms with Crippen LogP contribution in [0.25, 0.3) is 0 Å².